The summed E-state index contributed by atoms with van der Waals surface area (Å²) in [6.45, 7) is 4.28. The highest BCUT2D eigenvalue weighted by Crippen LogP contribution is 2.42. The summed E-state index contributed by atoms with van der Waals surface area (Å²) in [6.07, 6.45) is 1.93. The van der Waals surface area contributed by atoms with Crippen LogP contribution in [0.25, 0.3) is 0 Å². The lowest BCUT2D eigenvalue weighted by atomic mass is 10.0. The standard InChI is InChI=1S/C11H14ClNO2/c1-3-4-8-9-7(5-15-8)10(14)6(2)13-11(9)12/h8,14H,3-5H2,1-2H3. The Morgan fingerprint density at radius 3 is 3.00 bits per heavy atom. The number of aromatic nitrogens is 1. The smallest absolute Gasteiger partial charge is 0.142 e. The van der Waals surface area contributed by atoms with Gasteiger partial charge in [-0.3, -0.25) is 0 Å². The average Bonchev–Trinajstić information content (AvgIpc) is 2.59. The molecular weight excluding hydrogens is 214 g/mol. The Kier molecular flexibility index (Phi) is 2.85. The number of fused-ring (bicyclic) bond motifs is 1. The minimum absolute atomic E-state index is 0.00324. The Morgan fingerprint density at radius 1 is 1.60 bits per heavy atom. The fourth-order valence-corrected chi connectivity index (χ4v) is 2.32. The number of aryl methyl sites for hydroxylation is 1. The van der Waals surface area contributed by atoms with Gasteiger partial charge >= 0.3 is 0 Å². The third kappa shape index (κ3) is 1.70. The molecule has 0 saturated carbocycles. The van der Waals surface area contributed by atoms with Crippen molar-refractivity contribution in [2.24, 2.45) is 0 Å². The Morgan fingerprint density at radius 2 is 2.33 bits per heavy atom. The topological polar surface area (TPSA) is 42.4 Å². The molecule has 0 aromatic carbocycles. The van der Waals surface area contributed by atoms with E-state index in [2.05, 4.69) is 11.9 Å². The highest BCUT2D eigenvalue weighted by Gasteiger charge is 2.29. The Bertz CT molecular complexity index is 393. The summed E-state index contributed by atoms with van der Waals surface area (Å²) in [5.74, 6) is 0.230. The van der Waals surface area contributed by atoms with Gasteiger partial charge in [0.15, 0.2) is 0 Å². The molecule has 2 rings (SSSR count). The van der Waals surface area contributed by atoms with Crippen molar-refractivity contribution in [2.75, 3.05) is 0 Å². The molecule has 0 spiro atoms. The van der Waals surface area contributed by atoms with E-state index < -0.39 is 0 Å². The molecule has 1 unspecified atom stereocenters. The van der Waals surface area contributed by atoms with Crippen molar-refractivity contribution in [1.29, 1.82) is 0 Å². The maximum atomic E-state index is 9.83. The number of halogens is 1. The molecule has 3 nitrogen and oxygen atoms in total. The van der Waals surface area contributed by atoms with Crippen LogP contribution in [0.15, 0.2) is 0 Å². The van der Waals surface area contributed by atoms with E-state index in [1.165, 1.54) is 0 Å². The van der Waals surface area contributed by atoms with E-state index in [9.17, 15) is 5.11 Å². The van der Waals surface area contributed by atoms with Gasteiger partial charge in [0.05, 0.1) is 18.4 Å². The largest absolute Gasteiger partial charge is 0.506 e. The molecule has 1 aromatic heterocycles. The fourth-order valence-electron chi connectivity index (χ4n) is 1.96. The third-order valence-electron chi connectivity index (χ3n) is 2.74. The molecule has 0 aliphatic carbocycles. The van der Waals surface area contributed by atoms with E-state index in [1.807, 2.05) is 0 Å². The normalized spacial score (nSPS) is 19.3. The van der Waals surface area contributed by atoms with Crippen molar-refractivity contribution in [3.8, 4) is 5.75 Å². The van der Waals surface area contributed by atoms with Crippen molar-refractivity contribution < 1.29 is 9.84 Å². The summed E-state index contributed by atoms with van der Waals surface area (Å²) >= 11 is 6.08. The van der Waals surface area contributed by atoms with Gasteiger partial charge in [-0.2, -0.15) is 0 Å². The van der Waals surface area contributed by atoms with Crippen LogP contribution in [-0.2, 0) is 11.3 Å². The first-order valence-electron chi connectivity index (χ1n) is 5.14. The van der Waals surface area contributed by atoms with Crippen LogP contribution < -0.4 is 0 Å². The van der Waals surface area contributed by atoms with Crippen molar-refractivity contribution >= 4 is 11.6 Å². The summed E-state index contributed by atoms with van der Waals surface area (Å²) in [7, 11) is 0. The summed E-state index contributed by atoms with van der Waals surface area (Å²) in [5.41, 5.74) is 2.26. The molecule has 15 heavy (non-hydrogen) atoms. The highest BCUT2D eigenvalue weighted by molar-refractivity contribution is 6.30. The summed E-state index contributed by atoms with van der Waals surface area (Å²) in [6, 6.07) is 0. The summed E-state index contributed by atoms with van der Waals surface area (Å²) in [4.78, 5) is 4.11. The summed E-state index contributed by atoms with van der Waals surface area (Å²) < 4.78 is 5.60. The highest BCUT2D eigenvalue weighted by atomic mass is 35.5. The van der Waals surface area contributed by atoms with Crippen LogP contribution in [-0.4, -0.2) is 10.1 Å². The number of nitrogens with zero attached hydrogens (tertiary/aromatic N) is 1. The van der Waals surface area contributed by atoms with Crippen molar-refractivity contribution in [1.82, 2.24) is 4.98 Å². The minimum Gasteiger partial charge on any atom is -0.506 e. The van der Waals surface area contributed by atoms with Crippen LogP contribution in [0.1, 0.15) is 42.7 Å². The average molecular weight is 228 g/mol. The van der Waals surface area contributed by atoms with E-state index in [-0.39, 0.29) is 11.9 Å². The lowest BCUT2D eigenvalue weighted by Gasteiger charge is -2.11. The molecule has 2 heterocycles. The SMILES string of the molecule is CCCC1OCc2c(O)c(C)nc(Cl)c21. The molecule has 4 heteroatoms. The quantitative estimate of drug-likeness (QED) is 0.790. The molecule has 1 aliphatic rings. The van der Waals surface area contributed by atoms with Crippen LogP contribution in [0.2, 0.25) is 5.15 Å². The molecule has 0 saturated heterocycles. The molecule has 82 valence electrons. The fraction of sp³-hybridized carbons (Fsp3) is 0.545. The zero-order chi connectivity index (χ0) is 11.0. The third-order valence-corrected chi connectivity index (χ3v) is 3.03. The van der Waals surface area contributed by atoms with Crippen molar-refractivity contribution in [2.45, 2.75) is 39.4 Å². The molecule has 1 aliphatic heterocycles. The lowest BCUT2D eigenvalue weighted by Crippen LogP contribution is -1.98. The molecule has 0 radical (unpaired) electrons. The van der Waals surface area contributed by atoms with E-state index >= 15 is 0 Å². The number of hydrogen-bond acceptors (Lipinski definition) is 3. The maximum absolute atomic E-state index is 9.83. The Labute approximate surface area is 94.0 Å². The van der Waals surface area contributed by atoms with Gasteiger partial charge in [0.25, 0.3) is 0 Å². The number of aromatic hydroxyl groups is 1. The van der Waals surface area contributed by atoms with Gasteiger partial charge in [-0.1, -0.05) is 24.9 Å². The molecule has 0 bridgehead atoms. The predicted molar refractivity (Wildman–Crippen MR) is 58.1 cm³/mol. The van der Waals surface area contributed by atoms with Crippen LogP contribution in [0, 0.1) is 6.92 Å². The van der Waals surface area contributed by atoms with Crippen molar-refractivity contribution in [3.63, 3.8) is 0 Å². The minimum atomic E-state index is -0.00324. The van der Waals surface area contributed by atoms with E-state index in [1.54, 1.807) is 6.92 Å². The summed E-state index contributed by atoms with van der Waals surface area (Å²) in [5, 5.41) is 10.3. The van der Waals surface area contributed by atoms with Gasteiger partial charge in [-0.15, -0.1) is 0 Å². The Balaban J connectivity index is 2.49. The van der Waals surface area contributed by atoms with Crippen molar-refractivity contribution in [3.05, 3.63) is 22.0 Å². The van der Waals surface area contributed by atoms with Crippen LogP contribution >= 0.6 is 11.6 Å². The first kappa shape index (κ1) is 10.7. The molecule has 1 atom stereocenters. The van der Waals surface area contributed by atoms with Crippen LogP contribution in [0.5, 0.6) is 5.75 Å². The second-order valence-electron chi connectivity index (χ2n) is 3.82. The first-order valence-corrected chi connectivity index (χ1v) is 5.52. The van der Waals surface area contributed by atoms with Crippen LogP contribution in [0.3, 0.4) is 0 Å². The number of ether oxygens (including phenoxy) is 1. The van der Waals surface area contributed by atoms with Gasteiger partial charge in [0.1, 0.15) is 10.9 Å². The van der Waals surface area contributed by atoms with Gasteiger partial charge in [-0.05, 0) is 13.3 Å². The predicted octanol–water partition coefficient (Wildman–Crippen LogP) is 3.12. The molecular formula is C11H14ClNO2. The van der Waals surface area contributed by atoms with E-state index in [4.69, 9.17) is 16.3 Å². The molecule has 0 fully saturated rings. The van der Waals surface area contributed by atoms with Gasteiger partial charge < -0.3 is 9.84 Å². The van der Waals surface area contributed by atoms with Gasteiger partial charge in [0.2, 0.25) is 0 Å². The molecule has 1 aromatic rings. The molecule has 0 amide bonds. The second-order valence-corrected chi connectivity index (χ2v) is 4.18. The maximum Gasteiger partial charge on any atom is 0.142 e. The lowest BCUT2D eigenvalue weighted by molar-refractivity contribution is 0.0591. The van der Waals surface area contributed by atoms with E-state index in [0.717, 1.165) is 24.0 Å². The zero-order valence-corrected chi connectivity index (χ0v) is 9.64. The second kappa shape index (κ2) is 3.99. The van der Waals surface area contributed by atoms with Gasteiger partial charge in [-0.25, -0.2) is 4.98 Å². The number of pyridine rings is 1. The molecule has 1 N–H and O–H groups in total. The van der Waals surface area contributed by atoms with Gasteiger partial charge in [0, 0.05) is 11.1 Å². The van der Waals surface area contributed by atoms with E-state index in [0.29, 0.717) is 17.5 Å². The number of hydrogen-bond donors (Lipinski definition) is 1. The zero-order valence-electron chi connectivity index (χ0n) is 8.88. The monoisotopic (exact) mass is 227 g/mol. The number of rotatable bonds is 2. The Hall–Kier alpha value is -0.800. The van der Waals surface area contributed by atoms with Crippen LogP contribution in [0.4, 0.5) is 0 Å². The first-order chi connectivity index (χ1) is 7.15.